The first-order valence-corrected chi connectivity index (χ1v) is 13.8. The summed E-state index contributed by atoms with van der Waals surface area (Å²) in [6.45, 7) is 5.83. The van der Waals surface area contributed by atoms with Gasteiger partial charge in [0.2, 0.25) is 0 Å². The Morgan fingerprint density at radius 2 is 1.10 bits per heavy atom. The summed E-state index contributed by atoms with van der Waals surface area (Å²) in [4.78, 5) is 23.7. The predicted octanol–water partition coefficient (Wildman–Crippen LogP) is 4.95. The smallest absolute Gasteiger partial charge is 0.407 e. The summed E-state index contributed by atoms with van der Waals surface area (Å²) in [6.07, 6.45) is 12.6. The minimum atomic E-state index is -0.962. The average molecular weight is 431 g/mol. The van der Waals surface area contributed by atoms with Gasteiger partial charge in [0.05, 0.1) is 13.2 Å². The van der Waals surface area contributed by atoms with Gasteiger partial charge in [-0.15, -0.1) is 0 Å². The Hall–Kier alpha value is -1.11. The Balaban J connectivity index is 2.12. The van der Waals surface area contributed by atoms with Crippen LogP contribution in [0.2, 0.25) is 0 Å². The highest BCUT2D eigenvalue weighted by atomic mass is 32.3. The molecule has 2 N–H and O–H groups in total. The molecule has 0 aromatic carbocycles. The first-order valence-electron chi connectivity index (χ1n) is 11.7. The number of hydrogen-bond acceptors (Lipinski definition) is 4. The molecule has 2 aliphatic rings. The zero-order valence-corrected chi connectivity index (χ0v) is 19.3. The van der Waals surface area contributed by atoms with Crippen molar-refractivity contribution < 1.29 is 19.1 Å². The van der Waals surface area contributed by atoms with Gasteiger partial charge in [0, 0.05) is 13.1 Å². The zero-order chi connectivity index (χ0) is 21.0. The quantitative estimate of drug-likeness (QED) is 0.514. The lowest BCUT2D eigenvalue weighted by Gasteiger charge is -2.55. The van der Waals surface area contributed by atoms with Gasteiger partial charge in [-0.25, -0.2) is 19.6 Å². The van der Waals surface area contributed by atoms with E-state index in [2.05, 4.69) is 10.6 Å². The molecule has 2 amide bonds. The van der Waals surface area contributed by atoms with Crippen LogP contribution in [0.1, 0.15) is 78.1 Å². The summed E-state index contributed by atoms with van der Waals surface area (Å²) >= 11 is 0. The standard InChI is InChI=1S/C22H42N2O4S/c1-3-27-21(25)23-15-17-29(19-11-7-5-8-12-19,20-13-9-6-10-14-20)18-16-24-22(26)28-4-2/h19-20H,3-18H2,1-2H3,(H,23,25)(H,24,26). The highest BCUT2D eigenvalue weighted by Crippen LogP contribution is 2.63. The van der Waals surface area contributed by atoms with Crippen molar-refractivity contribution in [2.45, 2.75) is 88.6 Å². The number of nitrogens with one attached hydrogen (secondary N) is 2. The maximum Gasteiger partial charge on any atom is 0.407 e. The number of hydrogen-bond donors (Lipinski definition) is 2. The lowest BCUT2D eigenvalue weighted by Crippen LogP contribution is -2.42. The van der Waals surface area contributed by atoms with Crippen molar-refractivity contribution in [2.75, 3.05) is 37.8 Å². The minimum Gasteiger partial charge on any atom is -0.450 e. The third-order valence-corrected chi connectivity index (χ3v) is 12.0. The van der Waals surface area contributed by atoms with Gasteiger partial charge in [0.1, 0.15) is 0 Å². The minimum absolute atomic E-state index is 0.308. The maximum absolute atomic E-state index is 11.9. The van der Waals surface area contributed by atoms with E-state index in [1.54, 1.807) is 0 Å². The van der Waals surface area contributed by atoms with Crippen molar-refractivity contribution in [3.05, 3.63) is 0 Å². The number of carbonyl (C=O) groups is 2. The Morgan fingerprint density at radius 1 is 0.724 bits per heavy atom. The predicted molar refractivity (Wildman–Crippen MR) is 121 cm³/mol. The molecule has 2 aliphatic carbocycles. The number of alkyl carbamates (subject to hydrolysis) is 2. The summed E-state index contributed by atoms with van der Waals surface area (Å²) in [5, 5.41) is 7.48. The second kappa shape index (κ2) is 13.2. The van der Waals surface area contributed by atoms with Crippen LogP contribution in [0, 0.1) is 0 Å². The monoisotopic (exact) mass is 430 g/mol. The number of ether oxygens (including phenoxy) is 2. The van der Waals surface area contributed by atoms with E-state index >= 15 is 0 Å². The molecule has 0 unspecified atom stereocenters. The van der Waals surface area contributed by atoms with Gasteiger partial charge in [-0.05, 0) is 61.5 Å². The van der Waals surface area contributed by atoms with E-state index < -0.39 is 10.0 Å². The normalized spacial score (nSPS) is 19.4. The molecule has 0 bridgehead atoms. The van der Waals surface area contributed by atoms with Gasteiger partial charge < -0.3 is 20.1 Å². The van der Waals surface area contributed by atoms with Crippen molar-refractivity contribution in [1.29, 1.82) is 0 Å². The van der Waals surface area contributed by atoms with Crippen LogP contribution in [0.15, 0.2) is 0 Å². The van der Waals surface area contributed by atoms with Crippen LogP contribution >= 0.6 is 10.0 Å². The molecule has 170 valence electrons. The first-order chi connectivity index (χ1) is 14.1. The SMILES string of the molecule is CCOC(=O)NCCS(CCNC(=O)OCC)(C1CCCCC1)C1CCCCC1. The molecule has 0 aromatic heterocycles. The Labute approximate surface area is 178 Å². The fourth-order valence-electron chi connectivity index (χ4n) is 5.16. The van der Waals surface area contributed by atoms with E-state index in [1.807, 2.05) is 13.8 Å². The largest absolute Gasteiger partial charge is 0.450 e. The van der Waals surface area contributed by atoms with Crippen molar-refractivity contribution >= 4 is 22.2 Å². The second-order valence-corrected chi connectivity index (χ2v) is 12.4. The zero-order valence-electron chi connectivity index (χ0n) is 18.5. The molecule has 0 heterocycles. The molecule has 7 heteroatoms. The molecular weight excluding hydrogens is 388 g/mol. The van der Waals surface area contributed by atoms with Crippen molar-refractivity contribution in [2.24, 2.45) is 0 Å². The van der Waals surface area contributed by atoms with E-state index in [0.29, 0.717) is 26.3 Å². The summed E-state index contributed by atoms with van der Waals surface area (Å²) in [6, 6.07) is 0. The van der Waals surface area contributed by atoms with E-state index in [1.165, 1.54) is 64.2 Å². The van der Waals surface area contributed by atoms with Crippen LogP contribution < -0.4 is 10.6 Å². The van der Waals surface area contributed by atoms with Crippen LogP contribution in [-0.2, 0) is 9.47 Å². The van der Waals surface area contributed by atoms with Gasteiger partial charge in [0.15, 0.2) is 0 Å². The van der Waals surface area contributed by atoms with Gasteiger partial charge in [0.25, 0.3) is 0 Å². The maximum atomic E-state index is 11.9. The fourth-order valence-corrected chi connectivity index (χ4v) is 10.8. The highest BCUT2D eigenvalue weighted by Gasteiger charge is 2.40. The number of rotatable bonds is 10. The average Bonchev–Trinajstić information content (AvgIpc) is 2.74. The van der Waals surface area contributed by atoms with Crippen LogP contribution in [0.25, 0.3) is 0 Å². The van der Waals surface area contributed by atoms with Crippen molar-refractivity contribution in [3.63, 3.8) is 0 Å². The lowest BCUT2D eigenvalue weighted by atomic mass is 10.00. The van der Waals surface area contributed by atoms with E-state index in [-0.39, 0.29) is 12.2 Å². The molecule has 6 nitrogen and oxygen atoms in total. The summed E-state index contributed by atoms with van der Waals surface area (Å²) in [5.41, 5.74) is 0. The first kappa shape index (κ1) is 24.2. The van der Waals surface area contributed by atoms with Crippen molar-refractivity contribution in [3.8, 4) is 0 Å². The third kappa shape index (κ3) is 7.58. The molecule has 0 saturated heterocycles. The molecule has 0 aliphatic heterocycles. The Bertz CT molecular complexity index is 447. The van der Waals surface area contributed by atoms with Crippen LogP contribution in [-0.4, -0.2) is 60.5 Å². The van der Waals surface area contributed by atoms with Gasteiger partial charge >= 0.3 is 12.2 Å². The number of carbonyl (C=O) groups excluding carboxylic acids is 2. The molecule has 0 aromatic rings. The van der Waals surface area contributed by atoms with Crippen LogP contribution in [0.3, 0.4) is 0 Å². The highest BCUT2D eigenvalue weighted by molar-refractivity contribution is 8.34. The molecule has 2 fully saturated rings. The summed E-state index contributed by atoms with van der Waals surface area (Å²) < 4.78 is 10.1. The molecule has 0 radical (unpaired) electrons. The molecule has 0 spiro atoms. The molecular formula is C22H42N2O4S. The van der Waals surface area contributed by atoms with E-state index in [4.69, 9.17) is 9.47 Å². The van der Waals surface area contributed by atoms with E-state index in [9.17, 15) is 9.59 Å². The summed E-state index contributed by atoms with van der Waals surface area (Å²) in [7, 11) is -0.962. The van der Waals surface area contributed by atoms with Gasteiger partial charge in [-0.2, -0.15) is 0 Å². The summed E-state index contributed by atoms with van der Waals surface area (Å²) in [5.74, 6) is 2.09. The molecule has 2 saturated carbocycles. The second-order valence-electron chi connectivity index (χ2n) is 8.23. The Kier molecular flexibility index (Phi) is 11.0. The molecule has 29 heavy (non-hydrogen) atoms. The fraction of sp³-hybridized carbons (Fsp3) is 0.909. The van der Waals surface area contributed by atoms with Crippen LogP contribution in [0.4, 0.5) is 9.59 Å². The lowest BCUT2D eigenvalue weighted by molar-refractivity contribution is 0.152. The molecule has 0 atom stereocenters. The topological polar surface area (TPSA) is 76.7 Å². The van der Waals surface area contributed by atoms with Crippen molar-refractivity contribution in [1.82, 2.24) is 10.6 Å². The third-order valence-electron chi connectivity index (χ3n) is 6.49. The van der Waals surface area contributed by atoms with Gasteiger partial charge in [-0.3, -0.25) is 0 Å². The van der Waals surface area contributed by atoms with Crippen LogP contribution in [0.5, 0.6) is 0 Å². The van der Waals surface area contributed by atoms with Gasteiger partial charge in [-0.1, -0.05) is 38.5 Å². The number of amides is 2. The Morgan fingerprint density at radius 3 is 1.45 bits per heavy atom. The molecule has 2 rings (SSSR count). The van der Waals surface area contributed by atoms with E-state index in [0.717, 1.165) is 22.0 Å².